The molecule has 2 aliphatic rings. The second-order valence-electron chi connectivity index (χ2n) is 5.84. The van der Waals surface area contributed by atoms with Crippen LogP contribution < -0.4 is 5.73 Å². The molecule has 1 aliphatic heterocycles. The number of hydrogen-bond acceptors (Lipinski definition) is 2. The van der Waals surface area contributed by atoms with E-state index in [9.17, 15) is 0 Å². The Kier molecular flexibility index (Phi) is 5.55. The van der Waals surface area contributed by atoms with Gasteiger partial charge in [0, 0.05) is 12.6 Å². The van der Waals surface area contributed by atoms with E-state index >= 15 is 0 Å². The van der Waals surface area contributed by atoms with Gasteiger partial charge >= 0.3 is 0 Å². The standard InChI is InChI=1S/C13H26N2.ClH/c1-12(14)11-15-9-7-13(8-10-15)5-3-2-4-6-13;/h12H,2-11,14H2,1H3;1H. The van der Waals surface area contributed by atoms with Gasteiger partial charge in [-0.3, -0.25) is 0 Å². The molecule has 0 aromatic rings. The summed E-state index contributed by atoms with van der Waals surface area (Å²) in [6.45, 7) is 5.80. The second kappa shape index (κ2) is 6.23. The van der Waals surface area contributed by atoms with E-state index in [0.29, 0.717) is 6.04 Å². The number of hydrogen-bond donors (Lipinski definition) is 1. The predicted molar refractivity (Wildman–Crippen MR) is 72.1 cm³/mol. The van der Waals surface area contributed by atoms with Gasteiger partial charge in [0.05, 0.1) is 0 Å². The lowest BCUT2D eigenvalue weighted by atomic mass is 9.68. The van der Waals surface area contributed by atoms with E-state index in [1.165, 1.54) is 58.0 Å². The highest BCUT2D eigenvalue weighted by atomic mass is 35.5. The Morgan fingerprint density at radius 2 is 1.62 bits per heavy atom. The third-order valence-corrected chi connectivity index (χ3v) is 4.38. The van der Waals surface area contributed by atoms with E-state index in [0.717, 1.165) is 12.0 Å². The van der Waals surface area contributed by atoms with Crippen LogP contribution >= 0.6 is 12.4 Å². The van der Waals surface area contributed by atoms with Gasteiger partial charge < -0.3 is 10.6 Å². The number of rotatable bonds is 2. The molecule has 16 heavy (non-hydrogen) atoms. The minimum Gasteiger partial charge on any atom is -0.327 e. The third-order valence-electron chi connectivity index (χ3n) is 4.38. The molecule has 2 nitrogen and oxygen atoms in total. The molecular weight excluding hydrogens is 220 g/mol. The van der Waals surface area contributed by atoms with Crippen LogP contribution in [0.25, 0.3) is 0 Å². The van der Waals surface area contributed by atoms with Crippen molar-refractivity contribution in [2.45, 2.75) is 57.9 Å². The van der Waals surface area contributed by atoms with Gasteiger partial charge in [0.1, 0.15) is 0 Å². The molecule has 1 unspecified atom stereocenters. The van der Waals surface area contributed by atoms with Crippen molar-refractivity contribution in [1.29, 1.82) is 0 Å². The molecule has 1 aliphatic carbocycles. The predicted octanol–water partition coefficient (Wildman–Crippen LogP) is 2.80. The normalized spacial score (nSPS) is 27.4. The lowest BCUT2D eigenvalue weighted by Gasteiger charge is -2.44. The summed E-state index contributed by atoms with van der Waals surface area (Å²) in [7, 11) is 0. The molecule has 1 saturated carbocycles. The molecular formula is C13H27ClN2. The lowest BCUT2D eigenvalue weighted by Crippen LogP contribution is -2.44. The fraction of sp³-hybridized carbons (Fsp3) is 1.00. The molecule has 2 N–H and O–H groups in total. The highest BCUT2D eigenvalue weighted by Gasteiger charge is 2.35. The van der Waals surface area contributed by atoms with Gasteiger partial charge in [-0.05, 0) is 51.1 Å². The second-order valence-corrected chi connectivity index (χ2v) is 5.84. The number of nitrogens with zero attached hydrogens (tertiary/aromatic N) is 1. The number of piperidine rings is 1. The van der Waals surface area contributed by atoms with Crippen LogP contribution in [-0.4, -0.2) is 30.6 Å². The zero-order valence-electron chi connectivity index (χ0n) is 10.6. The van der Waals surface area contributed by atoms with E-state index in [1.54, 1.807) is 0 Å². The summed E-state index contributed by atoms with van der Waals surface area (Å²) >= 11 is 0. The van der Waals surface area contributed by atoms with E-state index in [-0.39, 0.29) is 12.4 Å². The van der Waals surface area contributed by atoms with Crippen LogP contribution in [0.3, 0.4) is 0 Å². The molecule has 96 valence electrons. The molecule has 2 rings (SSSR count). The Hall–Kier alpha value is 0.210. The van der Waals surface area contributed by atoms with Gasteiger partial charge in [0.25, 0.3) is 0 Å². The van der Waals surface area contributed by atoms with Crippen LogP contribution in [0.4, 0.5) is 0 Å². The lowest BCUT2D eigenvalue weighted by molar-refractivity contribution is 0.0657. The molecule has 0 aromatic heterocycles. The van der Waals surface area contributed by atoms with E-state index in [2.05, 4.69) is 11.8 Å². The Labute approximate surface area is 106 Å². The quantitative estimate of drug-likeness (QED) is 0.812. The van der Waals surface area contributed by atoms with Crippen molar-refractivity contribution in [3.8, 4) is 0 Å². The monoisotopic (exact) mass is 246 g/mol. The van der Waals surface area contributed by atoms with Crippen LogP contribution in [0, 0.1) is 5.41 Å². The molecule has 0 radical (unpaired) electrons. The molecule has 1 spiro atoms. The van der Waals surface area contributed by atoms with Crippen molar-refractivity contribution in [1.82, 2.24) is 4.90 Å². The molecule has 0 aromatic carbocycles. The van der Waals surface area contributed by atoms with Crippen LogP contribution in [0.5, 0.6) is 0 Å². The summed E-state index contributed by atoms with van der Waals surface area (Å²) in [5, 5.41) is 0. The maximum absolute atomic E-state index is 5.85. The van der Waals surface area contributed by atoms with Crippen molar-refractivity contribution in [3.63, 3.8) is 0 Å². The van der Waals surface area contributed by atoms with Gasteiger partial charge in [0.15, 0.2) is 0 Å². The van der Waals surface area contributed by atoms with Crippen LogP contribution in [0.1, 0.15) is 51.9 Å². The van der Waals surface area contributed by atoms with Crippen LogP contribution in [0.15, 0.2) is 0 Å². The Balaban J connectivity index is 0.00000128. The first kappa shape index (κ1) is 14.3. The minimum atomic E-state index is 0. The first-order valence-corrected chi connectivity index (χ1v) is 6.68. The molecule has 3 heteroatoms. The summed E-state index contributed by atoms with van der Waals surface area (Å²) in [5.74, 6) is 0. The van der Waals surface area contributed by atoms with Crippen molar-refractivity contribution < 1.29 is 0 Å². The van der Waals surface area contributed by atoms with Crippen molar-refractivity contribution >= 4 is 12.4 Å². The molecule has 0 amide bonds. The smallest absolute Gasteiger partial charge is 0.0139 e. The third kappa shape index (κ3) is 3.61. The van der Waals surface area contributed by atoms with E-state index < -0.39 is 0 Å². The maximum atomic E-state index is 5.85. The summed E-state index contributed by atoms with van der Waals surface area (Å²) in [6, 6.07) is 0.338. The van der Waals surface area contributed by atoms with Gasteiger partial charge in [-0.1, -0.05) is 19.3 Å². The summed E-state index contributed by atoms with van der Waals surface area (Å²) in [6.07, 6.45) is 10.3. The van der Waals surface area contributed by atoms with Crippen LogP contribution in [0.2, 0.25) is 0 Å². The summed E-state index contributed by atoms with van der Waals surface area (Å²) in [5.41, 5.74) is 6.59. The van der Waals surface area contributed by atoms with Gasteiger partial charge in [-0.2, -0.15) is 0 Å². The SMILES string of the molecule is CC(N)CN1CCC2(CCCCC2)CC1.Cl. The molecule has 1 heterocycles. The van der Waals surface area contributed by atoms with E-state index in [4.69, 9.17) is 5.73 Å². The molecule has 2 fully saturated rings. The highest BCUT2D eigenvalue weighted by Crippen LogP contribution is 2.44. The van der Waals surface area contributed by atoms with E-state index in [1.807, 2.05) is 0 Å². The Morgan fingerprint density at radius 3 is 2.12 bits per heavy atom. The zero-order valence-corrected chi connectivity index (χ0v) is 11.4. The topological polar surface area (TPSA) is 29.3 Å². The molecule has 1 atom stereocenters. The van der Waals surface area contributed by atoms with Gasteiger partial charge in [-0.25, -0.2) is 0 Å². The average Bonchev–Trinajstić information content (AvgIpc) is 2.23. The fourth-order valence-corrected chi connectivity index (χ4v) is 3.42. The first-order valence-electron chi connectivity index (χ1n) is 6.68. The van der Waals surface area contributed by atoms with Crippen molar-refractivity contribution in [2.24, 2.45) is 11.1 Å². The maximum Gasteiger partial charge on any atom is 0.0139 e. The Morgan fingerprint density at radius 1 is 1.06 bits per heavy atom. The first-order chi connectivity index (χ1) is 7.20. The van der Waals surface area contributed by atoms with Gasteiger partial charge in [-0.15, -0.1) is 12.4 Å². The molecule has 1 saturated heterocycles. The fourth-order valence-electron chi connectivity index (χ4n) is 3.42. The number of halogens is 1. The largest absolute Gasteiger partial charge is 0.327 e. The highest BCUT2D eigenvalue weighted by molar-refractivity contribution is 5.85. The average molecular weight is 247 g/mol. The number of likely N-dealkylation sites (tertiary alicyclic amines) is 1. The molecule has 0 bridgehead atoms. The van der Waals surface area contributed by atoms with Crippen molar-refractivity contribution in [3.05, 3.63) is 0 Å². The summed E-state index contributed by atoms with van der Waals surface area (Å²) < 4.78 is 0. The zero-order chi connectivity index (χ0) is 10.7. The number of nitrogens with two attached hydrogens (primary N) is 1. The van der Waals surface area contributed by atoms with Gasteiger partial charge in [0.2, 0.25) is 0 Å². The minimum absolute atomic E-state index is 0. The van der Waals surface area contributed by atoms with Crippen molar-refractivity contribution in [2.75, 3.05) is 19.6 Å². The van der Waals surface area contributed by atoms with Crippen LogP contribution in [-0.2, 0) is 0 Å². The Bertz CT molecular complexity index is 190. The summed E-state index contributed by atoms with van der Waals surface area (Å²) in [4.78, 5) is 2.56.